The molecule has 13 heavy (non-hydrogen) atoms. The Labute approximate surface area is 77.9 Å². The lowest BCUT2D eigenvalue weighted by Crippen LogP contribution is -2.04. The zero-order chi connectivity index (χ0) is 9.90. The molecule has 3 nitrogen and oxygen atoms in total. The standard InChI is InChI=1S/C9H13O3P/c1-3-8-4-6-9(7-5-8)12-13(2,10)11/h4-7H,3H2,1-2H3,(H,10,11)/p-1. The smallest absolute Gasteiger partial charge is 0.181 e. The maximum Gasteiger partial charge on any atom is 0.181 e. The molecule has 1 aromatic rings. The molecule has 0 aromatic heterocycles. The van der Waals surface area contributed by atoms with E-state index in [1.54, 1.807) is 12.1 Å². The maximum atomic E-state index is 10.8. The number of hydrogen-bond donors (Lipinski definition) is 0. The van der Waals surface area contributed by atoms with Gasteiger partial charge in [0.25, 0.3) is 0 Å². The molecule has 0 bridgehead atoms. The van der Waals surface area contributed by atoms with E-state index < -0.39 is 7.60 Å². The summed E-state index contributed by atoms with van der Waals surface area (Å²) >= 11 is 0. The first-order chi connectivity index (χ1) is 6.01. The Morgan fingerprint density at radius 2 is 1.92 bits per heavy atom. The maximum absolute atomic E-state index is 10.8. The molecule has 0 aliphatic heterocycles. The Morgan fingerprint density at radius 1 is 1.38 bits per heavy atom. The highest BCUT2D eigenvalue weighted by molar-refractivity contribution is 7.50. The summed E-state index contributed by atoms with van der Waals surface area (Å²) in [5.74, 6) is 0.373. The van der Waals surface area contributed by atoms with Gasteiger partial charge < -0.3 is 9.42 Å². The van der Waals surface area contributed by atoms with Crippen molar-refractivity contribution in [2.45, 2.75) is 13.3 Å². The van der Waals surface area contributed by atoms with Crippen LogP contribution in [0.4, 0.5) is 0 Å². The van der Waals surface area contributed by atoms with Gasteiger partial charge in [-0.05, 0) is 24.1 Å². The SMILES string of the molecule is CCc1ccc(OP(C)(=O)[O-])cc1. The highest BCUT2D eigenvalue weighted by Crippen LogP contribution is 2.33. The van der Waals surface area contributed by atoms with E-state index in [1.807, 2.05) is 19.1 Å². The van der Waals surface area contributed by atoms with Gasteiger partial charge in [0.1, 0.15) is 5.75 Å². The van der Waals surface area contributed by atoms with E-state index >= 15 is 0 Å². The Balaban J connectivity index is 2.76. The molecule has 0 saturated carbocycles. The fraction of sp³-hybridized carbons (Fsp3) is 0.333. The number of rotatable bonds is 3. The lowest BCUT2D eigenvalue weighted by atomic mass is 10.2. The van der Waals surface area contributed by atoms with Crippen LogP contribution in [0, 0.1) is 0 Å². The van der Waals surface area contributed by atoms with Gasteiger partial charge in [0, 0.05) is 6.66 Å². The normalized spacial score (nSPS) is 15.0. The van der Waals surface area contributed by atoms with Crippen molar-refractivity contribution in [3.63, 3.8) is 0 Å². The fourth-order valence-corrected chi connectivity index (χ4v) is 1.48. The van der Waals surface area contributed by atoms with Gasteiger partial charge >= 0.3 is 0 Å². The first-order valence-corrected chi connectivity index (χ1v) is 6.07. The molecule has 1 atom stereocenters. The molecule has 0 aliphatic carbocycles. The molecule has 1 unspecified atom stereocenters. The zero-order valence-corrected chi connectivity index (χ0v) is 8.58. The summed E-state index contributed by atoms with van der Waals surface area (Å²) in [6.07, 6.45) is 0.932. The van der Waals surface area contributed by atoms with Crippen LogP contribution in [-0.2, 0) is 11.0 Å². The highest BCUT2D eigenvalue weighted by atomic mass is 31.2. The van der Waals surface area contributed by atoms with E-state index in [0.29, 0.717) is 5.75 Å². The van der Waals surface area contributed by atoms with E-state index in [1.165, 1.54) is 0 Å². The van der Waals surface area contributed by atoms with Crippen LogP contribution in [-0.4, -0.2) is 6.66 Å². The van der Waals surface area contributed by atoms with Crippen LogP contribution in [0.15, 0.2) is 24.3 Å². The van der Waals surface area contributed by atoms with Gasteiger partial charge in [-0.15, -0.1) is 0 Å². The second kappa shape index (κ2) is 3.95. The topological polar surface area (TPSA) is 49.4 Å². The summed E-state index contributed by atoms with van der Waals surface area (Å²) in [6, 6.07) is 7.02. The average Bonchev–Trinajstić information content (AvgIpc) is 2.03. The summed E-state index contributed by atoms with van der Waals surface area (Å²) < 4.78 is 15.5. The Bertz CT molecular complexity index is 312. The van der Waals surface area contributed by atoms with Crippen LogP contribution in [0.3, 0.4) is 0 Å². The summed E-state index contributed by atoms with van der Waals surface area (Å²) in [6.45, 7) is 3.09. The number of benzene rings is 1. The van der Waals surface area contributed by atoms with Crippen molar-refractivity contribution >= 4 is 7.60 Å². The van der Waals surface area contributed by atoms with Gasteiger partial charge in [-0.2, -0.15) is 0 Å². The minimum atomic E-state index is -3.66. The van der Waals surface area contributed by atoms with Gasteiger partial charge in [-0.1, -0.05) is 19.1 Å². The quantitative estimate of drug-likeness (QED) is 0.697. The van der Waals surface area contributed by atoms with Crippen LogP contribution >= 0.6 is 7.60 Å². The van der Waals surface area contributed by atoms with Crippen LogP contribution in [0.25, 0.3) is 0 Å². The van der Waals surface area contributed by atoms with Crippen LogP contribution in [0.1, 0.15) is 12.5 Å². The molecule has 0 heterocycles. The van der Waals surface area contributed by atoms with E-state index in [-0.39, 0.29) is 0 Å². The van der Waals surface area contributed by atoms with Crippen LogP contribution < -0.4 is 9.42 Å². The second-order valence-electron chi connectivity index (χ2n) is 2.86. The largest absolute Gasteiger partial charge is 0.769 e. The van der Waals surface area contributed by atoms with E-state index in [9.17, 15) is 9.46 Å². The van der Waals surface area contributed by atoms with Crippen LogP contribution in [0.5, 0.6) is 5.75 Å². The molecule has 0 aliphatic rings. The predicted molar refractivity (Wildman–Crippen MR) is 50.0 cm³/mol. The van der Waals surface area contributed by atoms with Crippen molar-refractivity contribution < 1.29 is 14.0 Å². The van der Waals surface area contributed by atoms with E-state index in [4.69, 9.17) is 4.52 Å². The Kier molecular flexibility index (Phi) is 3.12. The minimum absolute atomic E-state index is 0.373. The van der Waals surface area contributed by atoms with Crippen molar-refractivity contribution in [1.82, 2.24) is 0 Å². The van der Waals surface area contributed by atoms with Gasteiger partial charge in [0.15, 0.2) is 7.60 Å². The molecule has 0 radical (unpaired) electrons. The fourth-order valence-electron chi connectivity index (χ4n) is 0.977. The minimum Gasteiger partial charge on any atom is -0.769 e. The molecular formula is C9H12O3P-. The summed E-state index contributed by atoms with van der Waals surface area (Å²) in [4.78, 5) is 10.8. The van der Waals surface area contributed by atoms with Gasteiger partial charge in [0.05, 0.1) is 0 Å². The second-order valence-corrected chi connectivity index (χ2v) is 4.59. The molecule has 0 saturated heterocycles. The summed E-state index contributed by atoms with van der Waals surface area (Å²) in [5.41, 5.74) is 1.16. The lowest BCUT2D eigenvalue weighted by molar-refractivity contribution is -0.188. The first kappa shape index (κ1) is 10.3. The zero-order valence-electron chi connectivity index (χ0n) is 7.69. The summed E-state index contributed by atoms with van der Waals surface area (Å²) in [7, 11) is -3.66. The average molecular weight is 199 g/mol. The molecule has 0 amide bonds. The van der Waals surface area contributed by atoms with Gasteiger partial charge in [0.2, 0.25) is 0 Å². The van der Waals surface area contributed by atoms with E-state index in [0.717, 1.165) is 18.6 Å². The molecular weight excluding hydrogens is 187 g/mol. The van der Waals surface area contributed by atoms with Crippen molar-refractivity contribution in [3.8, 4) is 5.75 Å². The number of hydrogen-bond acceptors (Lipinski definition) is 3. The van der Waals surface area contributed by atoms with Gasteiger partial charge in [-0.3, -0.25) is 4.57 Å². The molecule has 1 rings (SSSR count). The van der Waals surface area contributed by atoms with Crippen molar-refractivity contribution in [3.05, 3.63) is 29.8 Å². The molecule has 0 spiro atoms. The molecule has 72 valence electrons. The predicted octanol–water partition coefficient (Wildman–Crippen LogP) is 1.81. The Morgan fingerprint density at radius 3 is 2.31 bits per heavy atom. The monoisotopic (exact) mass is 199 g/mol. The van der Waals surface area contributed by atoms with Crippen molar-refractivity contribution in [1.29, 1.82) is 0 Å². The lowest BCUT2D eigenvalue weighted by Gasteiger charge is -2.18. The summed E-state index contributed by atoms with van der Waals surface area (Å²) in [5, 5.41) is 0. The third-order valence-corrected chi connectivity index (χ3v) is 2.15. The molecule has 1 aromatic carbocycles. The third-order valence-electron chi connectivity index (χ3n) is 1.60. The first-order valence-electron chi connectivity index (χ1n) is 4.08. The molecule has 4 heteroatoms. The third kappa shape index (κ3) is 3.62. The van der Waals surface area contributed by atoms with Crippen LogP contribution in [0.2, 0.25) is 0 Å². The Hall–Kier alpha value is -0.790. The van der Waals surface area contributed by atoms with Crippen molar-refractivity contribution in [2.75, 3.05) is 6.66 Å². The molecule has 0 fully saturated rings. The van der Waals surface area contributed by atoms with Gasteiger partial charge in [-0.25, -0.2) is 0 Å². The van der Waals surface area contributed by atoms with E-state index in [2.05, 4.69) is 0 Å². The highest BCUT2D eigenvalue weighted by Gasteiger charge is 2.00. The molecule has 0 N–H and O–H groups in total. The van der Waals surface area contributed by atoms with Crippen molar-refractivity contribution in [2.24, 2.45) is 0 Å². The number of aryl methyl sites for hydroxylation is 1.